The number of aliphatic carboxylic acids is 1. The largest absolute Gasteiger partial charge is 0.478 e. The summed E-state index contributed by atoms with van der Waals surface area (Å²) in [5, 5.41) is 8.54. The number of carboxylic acid groups (broad SMARTS) is 1. The molecule has 0 bridgehead atoms. The number of rotatable bonds is 2. The second-order valence-electron chi connectivity index (χ2n) is 3.15. The number of benzene rings is 1. The van der Waals surface area contributed by atoms with E-state index in [1.165, 1.54) is 0 Å². The molecule has 0 aliphatic carbocycles. The molecule has 4 nitrogen and oxygen atoms in total. The van der Waals surface area contributed by atoms with E-state index in [4.69, 9.17) is 14.9 Å². The Labute approximate surface area is 86.7 Å². The van der Waals surface area contributed by atoms with Crippen LogP contribution in [0.2, 0.25) is 0 Å². The number of hydrogen-bond acceptors (Lipinski definition) is 3. The molecule has 0 aromatic heterocycles. The average Bonchev–Trinajstić information content (AvgIpc) is 2.26. The molecule has 1 N–H and O–H groups in total. The minimum absolute atomic E-state index is 0.491. The third-order valence-corrected chi connectivity index (χ3v) is 2.16. The molecule has 1 aliphatic rings. The Morgan fingerprint density at radius 3 is 3.13 bits per heavy atom. The van der Waals surface area contributed by atoms with Crippen LogP contribution in [-0.2, 0) is 16.1 Å². The van der Waals surface area contributed by atoms with Crippen LogP contribution in [0.15, 0.2) is 24.3 Å². The Hall–Kier alpha value is -1.81. The smallest absolute Gasteiger partial charge is 0.328 e. The van der Waals surface area contributed by atoms with Crippen molar-refractivity contribution in [1.29, 1.82) is 0 Å². The lowest BCUT2D eigenvalue weighted by molar-refractivity contribution is -0.215. The maximum atomic E-state index is 10.4. The van der Waals surface area contributed by atoms with Crippen molar-refractivity contribution in [2.24, 2.45) is 0 Å². The minimum Gasteiger partial charge on any atom is -0.478 e. The highest BCUT2D eigenvalue weighted by Gasteiger charge is 2.13. The van der Waals surface area contributed by atoms with E-state index in [1.807, 2.05) is 6.07 Å². The topological polar surface area (TPSA) is 55.8 Å². The van der Waals surface area contributed by atoms with E-state index in [9.17, 15) is 4.79 Å². The third-order valence-electron chi connectivity index (χ3n) is 2.16. The summed E-state index contributed by atoms with van der Waals surface area (Å²) in [5.74, 6) is -0.297. The summed E-state index contributed by atoms with van der Waals surface area (Å²) in [6, 6.07) is 5.45. The van der Waals surface area contributed by atoms with Crippen molar-refractivity contribution in [2.45, 2.75) is 6.42 Å². The maximum Gasteiger partial charge on any atom is 0.328 e. The van der Waals surface area contributed by atoms with Crippen LogP contribution in [0.4, 0.5) is 0 Å². The van der Waals surface area contributed by atoms with Gasteiger partial charge in [-0.1, -0.05) is 12.1 Å². The lowest BCUT2D eigenvalue weighted by Gasteiger charge is -2.17. The van der Waals surface area contributed by atoms with E-state index in [1.54, 1.807) is 18.2 Å². The molecule has 78 valence electrons. The van der Waals surface area contributed by atoms with E-state index in [-0.39, 0.29) is 0 Å². The lowest BCUT2D eigenvalue weighted by Crippen LogP contribution is -2.11. The van der Waals surface area contributed by atoms with E-state index in [0.29, 0.717) is 12.4 Å². The van der Waals surface area contributed by atoms with Gasteiger partial charge in [0.05, 0.1) is 6.61 Å². The van der Waals surface area contributed by atoms with Crippen LogP contribution < -0.4 is 4.89 Å². The van der Waals surface area contributed by atoms with Crippen molar-refractivity contribution in [3.63, 3.8) is 0 Å². The number of hydrogen-bond donors (Lipinski definition) is 1. The van der Waals surface area contributed by atoms with Crippen LogP contribution in [0.1, 0.15) is 11.1 Å². The highest BCUT2D eigenvalue weighted by molar-refractivity contribution is 5.85. The normalized spacial score (nSPS) is 14.7. The first-order chi connectivity index (χ1) is 7.27. The number of carbonyl (C=O) groups is 1. The molecule has 0 radical (unpaired) electrons. The van der Waals surface area contributed by atoms with Gasteiger partial charge in [-0.05, 0) is 17.7 Å². The van der Waals surface area contributed by atoms with Gasteiger partial charge in [-0.25, -0.2) is 4.79 Å². The van der Waals surface area contributed by atoms with E-state index in [2.05, 4.69) is 0 Å². The maximum absolute atomic E-state index is 10.4. The SMILES string of the molecule is O=C(O)C=Cc1cccc2c1CCOO2. The van der Waals surface area contributed by atoms with E-state index < -0.39 is 5.97 Å². The Kier molecular flexibility index (Phi) is 2.69. The Morgan fingerprint density at radius 2 is 2.33 bits per heavy atom. The molecule has 0 saturated carbocycles. The molecule has 1 aromatic rings. The van der Waals surface area contributed by atoms with Crippen LogP contribution in [0, 0.1) is 0 Å². The van der Waals surface area contributed by atoms with Gasteiger partial charge in [-0.3, -0.25) is 0 Å². The first-order valence-corrected chi connectivity index (χ1v) is 4.60. The molecule has 0 atom stereocenters. The van der Waals surface area contributed by atoms with Crippen molar-refractivity contribution < 1.29 is 19.7 Å². The van der Waals surface area contributed by atoms with Gasteiger partial charge in [-0.2, -0.15) is 4.89 Å². The molecule has 1 aromatic carbocycles. The Bertz CT molecular complexity index is 409. The molecule has 1 heterocycles. The van der Waals surface area contributed by atoms with Crippen LogP contribution in [0.5, 0.6) is 5.75 Å². The summed E-state index contributed by atoms with van der Waals surface area (Å²) < 4.78 is 0. The van der Waals surface area contributed by atoms with Crippen LogP contribution in [0.25, 0.3) is 6.08 Å². The fraction of sp³-hybridized carbons (Fsp3) is 0.182. The predicted octanol–water partition coefficient (Wildman–Crippen LogP) is 1.65. The van der Waals surface area contributed by atoms with Gasteiger partial charge in [-0.15, -0.1) is 0 Å². The first kappa shape index (κ1) is 9.73. The summed E-state index contributed by atoms with van der Waals surface area (Å²) in [4.78, 5) is 20.2. The molecule has 15 heavy (non-hydrogen) atoms. The average molecular weight is 206 g/mol. The third kappa shape index (κ3) is 2.16. The van der Waals surface area contributed by atoms with Crippen molar-refractivity contribution in [1.82, 2.24) is 0 Å². The standard InChI is InChI=1S/C11H10O4/c12-11(13)5-4-8-2-1-3-10-9(8)6-7-14-15-10/h1-5H,6-7H2,(H,12,13). The summed E-state index contributed by atoms with van der Waals surface area (Å²) >= 11 is 0. The number of carboxylic acids is 1. The Balaban J connectivity index is 2.35. The van der Waals surface area contributed by atoms with Crippen molar-refractivity contribution in [3.8, 4) is 5.75 Å². The van der Waals surface area contributed by atoms with Crippen LogP contribution >= 0.6 is 0 Å². The molecule has 0 amide bonds. The monoisotopic (exact) mass is 206 g/mol. The molecular formula is C11H10O4. The first-order valence-electron chi connectivity index (χ1n) is 4.60. The molecule has 0 unspecified atom stereocenters. The summed E-state index contributed by atoms with van der Waals surface area (Å²) in [6.45, 7) is 0.491. The van der Waals surface area contributed by atoms with E-state index >= 15 is 0 Å². The van der Waals surface area contributed by atoms with Crippen molar-refractivity contribution >= 4 is 12.0 Å². The zero-order chi connectivity index (χ0) is 10.7. The van der Waals surface area contributed by atoms with Gasteiger partial charge in [0.2, 0.25) is 0 Å². The summed E-state index contributed by atoms with van der Waals surface area (Å²) in [7, 11) is 0. The highest BCUT2D eigenvalue weighted by atomic mass is 17.2. The highest BCUT2D eigenvalue weighted by Crippen LogP contribution is 2.27. The van der Waals surface area contributed by atoms with Gasteiger partial charge >= 0.3 is 5.97 Å². The van der Waals surface area contributed by atoms with Gasteiger partial charge in [0.1, 0.15) is 0 Å². The molecule has 4 heteroatoms. The Morgan fingerprint density at radius 1 is 1.47 bits per heavy atom. The van der Waals surface area contributed by atoms with Gasteiger partial charge in [0.25, 0.3) is 0 Å². The second kappa shape index (κ2) is 4.14. The van der Waals surface area contributed by atoms with E-state index in [0.717, 1.165) is 23.6 Å². The van der Waals surface area contributed by atoms with Crippen LogP contribution in [0.3, 0.4) is 0 Å². The molecule has 2 rings (SSSR count). The molecule has 0 saturated heterocycles. The quantitative estimate of drug-likeness (QED) is 0.590. The second-order valence-corrected chi connectivity index (χ2v) is 3.15. The van der Waals surface area contributed by atoms with Gasteiger partial charge in [0.15, 0.2) is 5.75 Å². The zero-order valence-corrected chi connectivity index (χ0v) is 7.97. The van der Waals surface area contributed by atoms with Crippen molar-refractivity contribution in [2.75, 3.05) is 6.61 Å². The predicted molar refractivity (Wildman–Crippen MR) is 53.4 cm³/mol. The zero-order valence-electron chi connectivity index (χ0n) is 7.97. The summed E-state index contributed by atoms with van der Waals surface area (Å²) in [5.41, 5.74) is 1.85. The fourth-order valence-corrected chi connectivity index (χ4v) is 1.49. The number of fused-ring (bicyclic) bond motifs is 1. The lowest BCUT2D eigenvalue weighted by atomic mass is 10.0. The fourth-order valence-electron chi connectivity index (χ4n) is 1.49. The van der Waals surface area contributed by atoms with Crippen LogP contribution in [-0.4, -0.2) is 17.7 Å². The molecule has 1 aliphatic heterocycles. The molecular weight excluding hydrogens is 196 g/mol. The van der Waals surface area contributed by atoms with Gasteiger partial charge in [0, 0.05) is 18.1 Å². The van der Waals surface area contributed by atoms with Gasteiger partial charge < -0.3 is 9.99 Å². The van der Waals surface area contributed by atoms with Crippen molar-refractivity contribution in [3.05, 3.63) is 35.4 Å². The molecule has 0 spiro atoms. The summed E-state index contributed by atoms with van der Waals surface area (Å²) in [6.07, 6.45) is 3.41. The molecule has 0 fully saturated rings. The minimum atomic E-state index is -0.958.